The molecule has 4 rings (SSSR count). The molecule has 1 atom stereocenters. The van der Waals surface area contributed by atoms with Crippen molar-refractivity contribution in [3.63, 3.8) is 0 Å². The number of amides is 1. The lowest BCUT2D eigenvalue weighted by molar-refractivity contribution is -0.274. The van der Waals surface area contributed by atoms with Crippen molar-refractivity contribution in [1.29, 1.82) is 0 Å². The maximum atomic E-state index is 13.3. The predicted octanol–water partition coefficient (Wildman–Crippen LogP) is 5.88. The average Bonchev–Trinajstić information content (AvgIpc) is 3.14. The van der Waals surface area contributed by atoms with Crippen molar-refractivity contribution in [2.45, 2.75) is 12.4 Å². The van der Waals surface area contributed by atoms with E-state index in [1.807, 2.05) is 0 Å². The fourth-order valence-corrected chi connectivity index (χ4v) is 4.20. The van der Waals surface area contributed by atoms with Gasteiger partial charge >= 0.3 is 6.36 Å². The molecule has 0 aliphatic carbocycles. The summed E-state index contributed by atoms with van der Waals surface area (Å²) < 4.78 is 52.2. The van der Waals surface area contributed by atoms with E-state index in [0.29, 0.717) is 17.1 Å². The van der Waals surface area contributed by atoms with Crippen molar-refractivity contribution in [2.75, 3.05) is 19.1 Å². The lowest BCUT2D eigenvalue weighted by Gasteiger charge is -2.26. The Balaban J connectivity index is 1.90. The molecule has 1 aliphatic heterocycles. The number of ether oxygens (including phenoxy) is 3. The third-order valence-electron chi connectivity index (χ3n) is 5.63. The summed E-state index contributed by atoms with van der Waals surface area (Å²) in [4.78, 5) is 27.6. The monoisotopic (exact) mass is 533 g/mol. The largest absolute Gasteiger partial charge is 0.573 e. The standard InChI is InChI=1S/C26H19ClF3NO6/c1-35-17-5-3-4-14(12-17)22-21(23(32)19-13-18(36-2)10-11-20(19)27)24(33)25(34)31(22)15-6-8-16(9-7-15)37-26(28,29)30/h3-13,22,32H,1-2H3/b23-21+. The number of ketones is 1. The summed E-state index contributed by atoms with van der Waals surface area (Å²) in [6.07, 6.45) is -4.90. The van der Waals surface area contributed by atoms with Gasteiger partial charge in [-0.25, -0.2) is 0 Å². The van der Waals surface area contributed by atoms with Gasteiger partial charge in [0.25, 0.3) is 11.7 Å². The van der Waals surface area contributed by atoms with E-state index < -0.39 is 35.6 Å². The molecule has 0 aromatic heterocycles. The molecule has 11 heteroatoms. The zero-order valence-corrected chi connectivity index (χ0v) is 20.1. The van der Waals surface area contributed by atoms with Crippen molar-refractivity contribution in [3.05, 3.63) is 88.5 Å². The summed E-state index contributed by atoms with van der Waals surface area (Å²) in [5.74, 6) is -2.31. The van der Waals surface area contributed by atoms with Gasteiger partial charge in [-0.1, -0.05) is 23.7 Å². The topological polar surface area (TPSA) is 85.3 Å². The number of carbonyl (C=O) groups is 2. The summed E-state index contributed by atoms with van der Waals surface area (Å²) in [6.45, 7) is 0. The fraction of sp³-hybridized carbons (Fsp3) is 0.154. The second kappa shape index (κ2) is 10.1. The number of aliphatic hydroxyl groups is 1. The zero-order valence-electron chi connectivity index (χ0n) is 19.4. The number of alkyl halides is 3. The Kier molecular flexibility index (Phi) is 7.04. The molecule has 3 aromatic carbocycles. The van der Waals surface area contributed by atoms with E-state index in [1.165, 1.54) is 38.5 Å². The number of hydrogen-bond acceptors (Lipinski definition) is 6. The summed E-state index contributed by atoms with van der Waals surface area (Å²) in [6, 6.07) is 14.2. The van der Waals surface area contributed by atoms with Crippen molar-refractivity contribution in [2.24, 2.45) is 0 Å². The molecule has 0 bridgehead atoms. The van der Waals surface area contributed by atoms with Crippen LogP contribution in [0.3, 0.4) is 0 Å². The molecule has 0 spiro atoms. The Morgan fingerprint density at radius 2 is 1.54 bits per heavy atom. The van der Waals surface area contributed by atoms with Crippen LogP contribution in [0.15, 0.2) is 72.3 Å². The van der Waals surface area contributed by atoms with Crippen molar-refractivity contribution < 1.29 is 42.1 Å². The van der Waals surface area contributed by atoms with Crippen LogP contribution in [0.4, 0.5) is 18.9 Å². The van der Waals surface area contributed by atoms with Crippen LogP contribution in [-0.4, -0.2) is 37.4 Å². The third-order valence-corrected chi connectivity index (χ3v) is 5.96. The van der Waals surface area contributed by atoms with E-state index in [4.69, 9.17) is 21.1 Å². The van der Waals surface area contributed by atoms with Crippen LogP contribution in [0, 0.1) is 0 Å². The number of benzene rings is 3. The minimum absolute atomic E-state index is 0.0563. The van der Waals surface area contributed by atoms with E-state index in [9.17, 15) is 27.9 Å². The molecule has 3 aromatic rings. The first kappa shape index (κ1) is 25.9. The first-order valence-electron chi connectivity index (χ1n) is 10.7. The van der Waals surface area contributed by atoms with Gasteiger partial charge in [0.1, 0.15) is 23.0 Å². The third kappa shape index (κ3) is 5.19. The van der Waals surface area contributed by atoms with Gasteiger partial charge in [-0.2, -0.15) is 0 Å². The molecular formula is C26H19ClF3NO6. The van der Waals surface area contributed by atoms with E-state index >= 15 is 0 Å². The van der Waals surface area contributed by atoms with Crippen LogP contribution < -0.4 is 19.1 Å². The number of aliphatic hydroxyl groups excluding tert-OH is 1. The minimum Gasteiger partial charge on any atom is -0.507 e. The molecule has 1 N–H and O–H groups in total. The number of anilines is 1. The highest BCUT2D eigenvalue weighted by atomic mass is 35.5. The summed E-state index contributed by atoms with van der Waals surface area (Å²) in [5, 5.41) is 11.4. The minimum atomic E-state index is -4.90. The van der Waals surface area contributed by atoms with E-state index in [1.54, 1.807) is 30.3 Å². The second-order valence-electron chi connectivity index (χ2n) is 7.83. The van der Waals surface area contributed by atoms with E-state index in [2.05, 4.69) is 4.74 Å². The fourth-order valence-electron chi connectivity index (χ4n) is 3.99. The Morgan fingerprint density at radius 1 is 0.919 bits per heavy atom. The van der Waals surface area contributed by atoms with Gasteiger partial charge in [-0.05, 0) is 60.2 Å². The molecule has 1 fully saturated rings. The Labute approximate surface area is 214 Å². The Hall–Kier alpha value is -4.18. The van der Waals surface area contributed by atoms with E-state index in [-0.39, 0.29) is 21.8 Å². The van der Waals surface area contributed by atoms with Gasteiger partial charge < -0.3 is 19.3 Å². The molecule has 1 aliphatic rings. The Morgan fingerprint density at radius 3 is 2.16 bits per heavy atom. The smallest absolute Gasteiger partial charge is 0.507 e. The summed E-state index contributed by atoms with van der Waals surface area (Å²) in [5.41, 5.74) is 0.278. The lowest BCUT2D eigenvalue weighted by atomic mass is 9.95. The van der Waals surface area contributed by atoms with Gasteiger partial charge in [0, 0.05) is 11.3 Å². The maximum absolute atomic E-state index is 13.3. The molecule has 0 radical (unpaired) electrons. The highest BCUT2D eigenvalue weighted by molar-refractivity contribution is 6.52. The molecule has 1 amide bonds. The van der Waals surface area contributed by atoms with Crippen LogP contribution in [0.1, 0.15) is 17.2 Å². The second-order valence-corrected chi connectivity index (χ2v) is 8.24. The van der Waals surface area contributed by atoms with Crippen LogP contribution in [0.25, 0.3) is 5.76 Å². The number of halogens is 4. The lowest BCUT2D eigenvalue weighted by Crippen LogP contribution is -2.29. The van der Waals surface area contributed by atoms with Crippen LogP contribution in [0.5, 0.6) is 17.2 Å². The number of nitrogens with zero attached hydrogens (tertiary/aromatic N) is 1. The predicted molar refractivity (Wildman–Crippen MR) is 129 cm³/mol. The van der Waals surface area contributed by atoms with Crippen molar-refractivity contribution in [1.82, 2.24) is 0 Å². The van der Waals surface area contributed by atoms with Crippen LogP contribution in [-0.2, 0) is 9.59 Å². The molecule has 1 unspecified atom stereocenters. The van der Waals surface area contributed by atoms with Crippen molar-refractivity contribution in [3.8, 4) is 17.2 Å². The summed E-state index contributed by atoms with van der Waals surface area (Å²) >= 11 is 6.29. The van der Waals surface area contributed by atoms with Gasteiger partial charge in [-0.15, -0.1) is 13.2 Å². The molecule has 192 valence electrons. The normalized spacial score (nSPS) is 17.1. The Bertz CT molecular complexity index is 1390. The van der Waals surface area contributed by atoms with Gasteiger partial charge in [0.15, 0.2) is 0 Å². The number of Topliss-reactive ketones (excluding diaryl/α,β-unsaturated/α-hetero) is 1. The highest BCUT2D eigenvalue weighted by Gasteiger charge is 2.47. The molecule has 37 heavy (non-hydrogen) atoms. The summed E-state index contributed by atoms with van der Waals surface area (Å²) in [7, 11) is 2.85. The van der Waals surface area contributed by atoms with Gasteiger partial charge in [-0.3, -0.25) is 14.5 Å². The first-order chi connectivity index (χ1) is 17.5. The average molecular weight is 534 g/mol. The molecular weight excluding hydrogens is 515 g/mol. The van der Waals surface area contributed by atoms with Crippen LogP contribution in [0.2, 0.25) is 5.02 Å². The zero-order chi connectivity index (χ0) is 26.9. The van der Waals surface area contributed by atoms with Gasteiger partial charge in [0.2, 0.25) is 0 Å². The quantitative estimate of drug-likeness (QED) is 0.242. The van der Waals surface area contributed by atoms with Crippen molar-refractivity contribution >= 4 is 34.7 Å². The highest BCUT2D eigenvalue weighted by Crippen LogP contribution is 2.44. The number of methoxy groups -OCH3 is 2. The van der Waals surface area contributed by atoms with E-state index in [0.717, 1.165) is 17.0 Å². The SMILES string of the molecule is COc1cccc(C2/C(=C(\O)c3cc(OC)ccc3Cl)C(=O)C(=O)N2c2ccc(OC(F)(F)F)cc2)c1. The molecule has 7 nitrogen and oxygen atoms in total. The number of carbonyl (C=O) groups excluding carboxylic acids is 2. The molecule has 0 saturated carbocycles. The maximum Gasteiger partial charge on any atom is 0.573 e. The molecule has 1 heterocycles. The van der Waals surface area contributed by atoms with Crippen LogP contribution >= 0.6 is 11.6 Å². The number of rotatable bonds is 6. The number of hydrogen-bond donors (Lipinski definition) is 1. The first-order valence-corrected chi connectivity index (χ1v) is 11.1. The molecule has 1 saturated heterocycles. The van der Waals surface area contributed by atoms with Gasteiger partial charge in [0.05, 0.1) is 30.9 Å².